The fourth-order valence-electron chi connectivity index (χ4n) is 3.04. The van der Waals surface area contributed by atoms with E-state index >= 15 is 0 Å². The third kappa shape index (κ3) is 5.49. The number of anilines is 1. The van der Waals surface area contributed by atoms with Crippen molar-refractivity contribution in [1.29, 1.82) is 0 Å². The van der Waals surface area contributed by atoms with Crippen LogP contribution < -0.4 is 15.4 Å². The molecule has 0 aliphatic heterocycles. The van der Waals surface area contributed by atoms with Gasteiger partial charge in [0.05, 0.1) is 0 Å². The fourth-order valence-corrected chi connectivity index (χ4v) is 3.04. The van der Waals surface area contributed by atoms with Gasteiger partial charge in [-0.05, 0) is 47.9 Å². The van der Waals surface area contributed by atoms with Crippen molar-refractivity contribution in [3.05, 3.63) is 58.7 Å². The first-order chi connectivity index (χ1) is 12.6. The van der Waals surface area contributed by atoms with Crippen LogP contribution in [-0.4, -0.2) is 12.8 Å². The number of aryl methyl sites for hydroxylation is 2. The Kier molecular flexibility index (Phi) is 6.53. The molecule has 0 atom stereocenters. The summed E-state index contributed by atoms with van der Waals surface area (Å²) in [6.45, 7) is 14.9. The van der Waals surface area contributed by atoms with Crippen molar-refractivity contribution >= 4 is 11.7 Å². The smallest absolute Gasteiger partial charge is 0.321 e. The molecule has 0 aliphatic carbocycles. The van der Waals surface area contributed by atoms with E-state index in [0.29, 0.717) is 5.92 Å². The molecule has 0 bridgehead atoms. The van der Waals surface area contributed by atoms with Crippen LogP contribution in [0.5, 0.6) is 5.75 Å². The molecule has 0 unspecified atom stereocenters. The number of carbonyl (C=O) groups is 1. The van der Waals surface area contributed by atoms with Gasteiger partial charge in [0, 0.05) is 5.69 Å². The summed E-state index contributed by atoms with van der Waals surface area (Å²) in [6, 6.07) is 11.9. The van der Waals surface area contributed by atoms with Crippen molar-refractivity contribution in [3.8, 4) is 5.75 Å². The monoisotopic (exact) mass is 368 g/mol. The molecule has 2 amide bonds. The highest BCUT2D eigenvalue weighted by Gasteiger charge is 2.19. The SMILES string of the molecule is Cc1ccc(OCNC(=O)Nc2c(C)cccc2C(C)C)c(C(C)(C)C)c1. The molecular formula is C23H32N2O2. The van der Waals surface area contributed by atoms with Crippen LogP contribution in [0, 0.1) is 13.8 Å². The first kappa shape index (κ1) is 20.8. The summed E-state index contributed by atoms with van der Waals surface area (Å²) in [5, 5.41) is 5.76. The lowest BCUT2D eigenvalue weighted by atomic mass is 9.85. The van der Waals surface area contributed by atoms with Crippen molar-refractivity contribution < 1.29 is 9.53 Å². The third-order valence-corrected chi connectivity index (χ3v) is 4.57. The highest BCUT2D eigenvalue weighted by molar-refractivity contribution is 5.91. The van der Waals surface area contributed by atoms with Gasteiger partial charge in [-0.1, -0.05) is 70.5 Å². The molecule has 146 valence electrons. The number of carbonyl (C=O) groups excluding carboxylic acids is 1. The van der Waals surface area contributed by atoms with E-state index in [1.165, 1.54) is 5.56 Å². The van der Waals surface area contributed by atoms with Gasteiger partial charge in [-0.3, -0.25) is 0 Å². The highest BCUT2D eigenvalue weighted by atomic mass is 16.5. The van der Waals surface area contributed by atoms with Crippen molar-refractivity contribution in [3.63, 3.8) is 0 Å². The molecular weight excluding hydrogens is 336 g/mol. The molecule has 0 saturated carbocycles. The van der Waals surface area contributed by atoms with Crippen LogP contribution in [0.2, 0.25) is 0 Å². The Bertz CT molecular complexity index is 805. The average Bonchev–Trinajstić information content (AvgIpc) is 2.57. The van der Waals surface area contributed by atoms with Crippen molar-refractivity contribution in [2.75, 3.05) is 12.0 Å². The quantitative estimate of drug-likeness (QED) is 0.647. The second kappa shape index (κ2) is 8.47. The maximum absolute atomic E-state index is 12.4. The van der Waals surface area contributed by atoms with Crippen LogP contribution in [0.15, 0.2) is 36.4 Å². The number of rotatable bonds is 5. The summed E-state index contributed by atoms with van der Waals surface area (Å²) in [5.41, 5.74) is 5.34. The van der Waals surface area contributed by atoms with Crippen LogP contribution in [0.4, 0.5) is 10.5 Å². The normalized spacial score (nSPS) is 11.4. The second-order valence-corrected chi connectivity index (χ2v) is 8.36. The average molecular weight is 369 g/mol. The molecule has 2 aromatic carbocycles. The van der Waals surface area contributed by atoms with Gasteiger partial charge in [0.15, 0.2) is 6.73 Å². The van der Waals surface area contributed by atoms with E-state index in [2.05, 4.69) is 58.2 Å². The maximum Gasteiger partial charge on any atom is 0.321 e. The summed E-state index contributed by atoms with van der Waals surface area (Å²) < 4.78 is 5.86. The fraction of sp³-hybridized carbons (Fsp3) is 0.435. The van der Waals surface area contributed by atoms with E-state index in [1.807, 2.05) is 37.3 Å². The molecule has 0 saturated heterocycles. The van der Waals surface area contributed by atoms with Gasteiger partial charge >= 0.3 is 6.03 Å². The van der Waals surface area contributed by atoms with Crippen LogP contribution in [0.1, 0.15) is 62.8 Å². The van der Waals surface area contributed by atoms with Gasteiger partial charge in [0.25, 0.3) is 0 Å². The number of urea groups is 1. The van der Waals surface area contributed by atoms with Gasteiger partial charge in [-0.15, -0.1) is 0 Å². The minimum atomic E-state index is -0.268. The van der Waals surface area contributed by atoms with E-state index in [-0.39, 0.29) is 18.2 Å². The lowest BCUT2D eigenvalue weighted by Crippen LogP contribution is -2.33. The van der Waals surface area contributed by atoms with Crippen LogP contribution in [0.3, 0.4) is 0 Å². The molecule has 27 heavy (non-hydrogen) atoms. The van der Waals surface area contributed by atoms with Crippen molar-refractivity contribution in [2.45, 2.75) is 59.8 Å². The number of para-hydroxylation sites is 1. The number of amides is 2. The number of benzene rings is 2. The Hall–Kier alpha value is -2.49. The Balaban J connectivity index is 2.03. The number of ether oxygens (including phenoxy) is 1. The summed E-state index contributed by atoms with van der Waals surface area (Å²) in [5.74, 6) is 1.13. The second-order valence-electron chi connectivity index (χ2n) is 8.36. The minimum Gasteiger partial charge on any atom is -0.473 e. The van der Waals surface area contributed by atoms with Gasteiger partial charge in [-0.2, -0.15) is 0 Å². The molecule has 4 heteroatoms. The predicted molar refractivity (Wildman–Crippen MR) is 113 cm³/mol. The van der Waals surface area contributed by atoms with E-state index in [1.54, 1.807) is 0 Å². The lowest BCUT2D eigenvalue weighted by molar-refractivity contribution is 0.233. The first-order valence-electron chi connectivity index (χ1n) is 9.48. The largest absolute Gasteiger partial charge is 0.473 e. The zero-order valence-corrected chi connectivity index (χ0v) is 17.6. The van der Waals surface area contributed by atoms with Gasteiger partial charge in [-0.25, -0.2) is 4.79 Å². The maximum atomic E-state index is 12.4. The Morgan fingerprint density at radius 2 is 1.81 bits per heavy atom. The number of hydrogen-bond acceptors (Lipinski definition) is 2. The standard InChI is InChI=1S/C23H32N2O2/c1-15(2)18-10-8-9-17(4)21(18)25-22(26)24-14-27-20-12-11-16(3)13-19(20)23(5,6)7/h8-13,15H,14H2,1-7H3,(H2,24,25,26). The molecule has 0 aromatic heterocycles. The van der Waals surface area contributed by atoms with Crippen LogP contribution in [-0.2, 0) is 5.41 Å². The van der Waals surface area contributed by atoms with E-state index in [4.69, 9.17) is 4.74 Å². The molecule has 4 nitrogen and oxygen atoms in total. The molecule has 2 aromatic rings. The molecule has 0 spiro atoms. The molecule has 2 N–H and O–H groups in total. The summed E-state index contributed by atoms with van der Waals surface area (Å²) in [4.78, 5) is 12.4. The van der Waals surface area contributed by atoms with E-state index in [0.717, 1.165) is 28.1 Å². The molecule has 0 radical (unpaired) electrons. The molecule has 2 rings (SSSR count). The zero-order chi connectivity index (χ0) is 20.2. The van der Waals surface area contributed by atoms with Crippen molar-refractivity contribution in [2.24, 2.45) is 0 Å². The number of nitrogens with one attached hydrogen (secondary N) is 2. The van der Waals surface area contributed by atoms with Gasteiger partial charge in [0.2, 0.25) is 0 Å². The summed E-state index contributed by atoms with van der Waals surface area (Å²) in [7, 11) is 0. The summed E-state index contributed by atoms with van der Waals surface area (Å²) >= 11 is 0. The third-order valence-electron chi connectivity index (χ3n) is 4.57. The Labute approximate surface area is 163 Å². The van der Waals surface area contributed by atoms with E-state index in [9.17, 15) is 4.79 Å². The predicted octanol–water partition coefficient (Wildman–Crippen LogP) is 5.88. The molecule has 0 aliphatic rings. The van der Waals surface area contributed by atoms with E-state index < -0.39 is 0 Å². The van der Waals surface area contributed by atoms with Crippen molar-refractivity contribution in [1.82, 2.24) is 5.32 Å². The number of hydrogen-bond donors (Lipinski definition) is 2. The Morgan fingerprint density at radius 3 is 2.44 bits per heavy atom. The zero-order valence-electron chi connectivity index (χ0n) is 17.6. The minimum absolute atomic E-state index is 0.0308. The van der Waals surface area contributed by atoms with Gasteiger partial charge < -0.3 is 15.4 Å². The van der Waals surface area contributed by atoms with Gasteiger partial charge in [0.1, 0.15) is 5.75 Å². The summed E-state index contributed by atoms with van der Waals surface area (Å²) in [6.07, 6.45) is 0. The topological polar surface area (TPSA) is 50.4 Å². The molecule has 0 fully saturated rings. The van der Waals surface area contributed by atoms with Crippen LogP contribution >= 0.6 is 0 Å². The van der Waals surface area contributed by atoms with Crippen LogP contribution in [0.25, 0.3) is 0 Å². The molecule has 0 heterocycles. The lowest BCUT2D eigenvalue weighted by Gasteiger charge is -2.23. The first-order valence-corrected chi connectivity index (χ1v) is 9.48. The Morgan fingerprint density at radius 1 is 1.11 bits per heavy atom. The highest BCUT2D eigenvalue weighted by Crippen LogP contribution is 2.32.